The number of rotatable bonds is 3. The molecule has 1 atom stereocenters. The zero-order valence-electron chi connectivity index (χ0n) is 12.5. The molecule has 1 saturated heterocycles. The van der Waals surface area contributed by atoms with Crippen LogP contribution in [0.15, 0.2) is 35.3 Å². The fourth-order valence-electron chi connectivity index (χ4n) is 2.83. The topological polar surface area (TPSA) is 73.2 Å². The zero-order chi connectivity index (χ0) is 15.6. The zero-order valence-corrected chi connectivity index (χ0v) is 12.5. The highest BCUT2D eigenvalue weighted by atomic mass is 16.5. The van der Waals surface area contributed by atoms with Gasteiger partial charge in [-0.3, -0.25) is 14.2 Å². The highest BCUT2D eigenvalue weighted by Gasteiger charge is 2.29. The van der Waals surface area contributed by atoms with Gasteiger partial charge in [-0.25, -0.2) is 4.98 Å². The summed E-state index contributed by atoms with van der Waals surface area (Å²) in [6.07, 6.45) is 3.06. The van der Waals surface area contributed by atoms with Crippen molar-refractivity contribution in [3.8, 4) is 0 Å². The lowest BCUT2D eigenvalue weighted by Gasteiger charge is -2.34. The summed E-state index contributed by atoms with van der Waals surface area (Å²) in [4.78, 5) is 28.5. The fourth-order valence-corrected chi connectivity index (χ4v) is 2.83. The summed E-state index contributed by atoms with van der Waals surface area (Å²) in [7, 11) is 0. The Morgan fingerprint density at radius 2 is 2.27 bits per heavy atom. The van der Waals surface area contributed by atoms with Crippen molar-refractivity contribution in [2.24, 2.45) is 0 Å². The number of carbonyl (C=O) groups excluding carboxylic acids is 1. The first-order valence-electron chi connectivity index (χ1n) is 7.41. The Balaban J connectivity index is 1.82. The van der Waals surface area contributed by atoms with Crippen LogP contribution in [0.3, 0.4) is 0 Å². The largest absolute Gasteiger partial charge is 0.379 e. The van der Waals surface area contributed by atoms with Crippen LogP contribution in [0.2, 0.25) is 0 Å². The van der Waals surface area contributed by atoms with Crippen LogP contribution in [0, 0.1) is 0 Å². The van der Waals surface area contributed by atoms with Crippen molar-refractivity contribution >= 4 is 16.9 Å². The third kappa shape index (κ3) is 3.01. The highest BCUT2D eigenvalue weighted by molar-refractivity contribution is 5.80. The predicted octanol–water partition coefficient (Wildman–Crippen LogP) is 1.08. The molecule has 116 valence electrons. The fraction of sp³-hybridized carbons (Fsp3) is 0.438. The first-order chi connectivity index (χ1) is 10.6. The molecular weight excluding hydrogens is 282 g/mol. The van der Waals surface area contributed by atoms with E-state index in [1.807, 2.05) is 25.1 Å². The molecule has 6 nitrogen and oxygen atoms in total. The molecule has 1 aliphatic rings. The van der Waals surface area contributed by atoms with Crippen LogP contribution < -0.4 is 10.9 Å². The number of fused-ring (bicyclic) bond motifs is 1. The summed E-state index contributed by atoms with van der Waals surface area (Å²) >= 11 is 0. The van der Waals surface area contributed by atoms with E-state index >= 15 is 0 Å². The van der Waals surface area contributed by atoms with Crippen molar-refractivity contribution in [1.82, 2.24) is 14.9 Å². The molecule has 2 aromatic rings. The van der Waals surface area contributed by atoms with E-state index in [1.54, 1.807) is 6.07 Å². The quantitative estimate of drug-likeness (QED) is 0.921. The van der Waals surface area contributed by atoms with Crippen LogP contribution in [-0.2, 0) is 16.1 Å². The lowest BCUT2D eigenvalue weighted by atomic mass is 9.95. The van der Waals surface area contributed by atoms with Crippen LogP contribution in [-0.4, -0.2) is 34.2 Å². The summed E-state index contributed by atoms with van der Waals surface area (Å²) in [6, 6.07) is 7.29. The van der Waals surface area contributed by atoms with E-state index in [2.05, 4.69) is 10.3 Å². The summed E-state index contributed by atoms with van der Waals surface area (Å²) in [6.45, 7) is 3.19. The molecule has 1 N–H and O–H groups in total. The molecule has 1 aliphatic heterocycles. The minimum absolute atomic E-state index is 0.0164. The second-order valence-electron chi connectivity index (χ2n) is 5.94. The van der Waals surface area contributed by atoms with Gasteiger partial charge in [-0.15, -0.1) is 0 Å². The number of hydrogen-bond donors (Lipinski definition) is 1. The number of hydrogen-bond acceptors (Lipinski definition) is 4. The molecular formula is C16H19N3O3. The number of benzene rings is 1. The molecule has 0 bridgehead atoms. The summed E-state index contributed by atoms with van der Waals surface area (Å²) in [5.74, 6) is -0.188. The molecule has 0 radical (unpaired) electrons. The van der Waals surface area contributed by atoms with Gasteiger partial charge in [0.15, 0.2) is 0 Å². The van der Waals surface area contributed by atoms with Gasteiger partial charge in [-0.1, -0.05) is 12.1 Å². The number of ether oxygens (including phenoxy) is 1. The molecule has 0 aliphatic carbocycles. The van der Waals surface area contributed by atoms with Crippen molar-refractivity contribution in [2.75, 3.05) is 13.2 Å². The van der Waals surface area contributed by atoms with Crippen LogP contribution in [0.1, 0.15) is 19.8 Å². The van der Waals surface area contributed by atoms with Crippen LogP contribution in [0.4, 0.5) is 0 Å². The van der Waals surface area contributed by atoms with E-state index in [9.17, 15) is 9.59 Å². The summed E-state index contributed by atoms with van der Waals surface area (Å²) < 4.78 is 6.89. The number of carbonyl (C=O) groups is 1. The van der Waals surface area contributed by atoms with Gasteiger partial charge in [0.05, 0.1) is 29.4 Å². The van der Waals surface area contributed by atoms with Gasteiger partial charge in [0.2, 0.25) is 5.91 Å². The second kappa shape index (κ2) is 5.88. The smallest absolute Gasteiger partial charge is 0.269 e. The van der Waals surface area contributed by atoms with Crippen molar-refractivity contribution in [3.63, 3.8) is 0 Å². The van der Waals surface area contributed by atoms with Crippen molar-refractivity contribution < 1.29 is 9.53 Å². The monoisotopic (exact) mass is 301 g/mol. The number of nitrogens with zero attached hydrogens (tertiary/aromatic N) is 2. The molecule has 0 saturated carbocycles. The minimum Gasteiger partial charge on any atom is -0.379 e. The highest BCUT2D eigenvalue weighted by Crippen LogP contribution is 2.18. The second-order valence-corrected chi connectivity index (χ2v) is 5.94. The number of amides is 1. The van der Waals surface area contributed by atoms with E-state index in [-0.39, 0.29) is 23.6 Å². The molecule has 1 unspecified atom stereocenters. The molecule has 2 heterocycles. The average Bonchev–Trinajstić information content (AvgIpc) is 2.50. The number of nitrogens with one attached hydrogen (secondary N) is 1. The maximum atomic E-state index is 12.3. The van der Waals surface area contributed by atoms with Crippen LogP contribution >= 0.6 is 0 Å². The average molecular weight is 301 g/mol. The third-order valence-electron chi connectivity index (χ3n) is 3.93. The van der Waals surface area contributed by atoms with Crippen molar-refractivity contribution in [1.29, 1.82) is 0 Å². The normalized spacial score (nSPS) is 21.7. The summed E-state index contributed by atoms with van der Waals surface area (Å²) in [5, 5.41) is 2.99. The first kappa shape index (κ1) is 14.7. The third-order valence-corrected chi connectivity index (χ3v) is 3.93. The maximum Gasteiger partial charge on any atom is 0.269 e. The van der Waals surface area contributed by atoms with Gasteiger partial charge in [0.1, 0.15) is 6.54 Å². The van der Waals surface area contributed by atoms with Gasteiger partial charge >= 0.3 is 0 Å². The number of para-hydroxylation sites is 2. The Morgan fingerprint density at radius 1 is 1.45 bits per heavy atom. The van der Waals surface area contributed by atoms with E-state index in [4.69, 9.17) is 4.74 Å². The molecule has 22 heavy (non-hydrogen) atoms. The van der Waals surface area contributed by atoms with Crippen molar-refractivity contribution in [3.05, 3.63) is 40.8 Å². The minimum atomic E-state index is -0.359. The van der Waals surface area contributed by atoms with Gasteiger partial charge in [-0.05, 0) is 31.9 Å². The summed E-state index contributed by atoms with van der Waals surface area (Å²) in [5.41, 5.74) is 0.720. The lowest BCUT2D eigenvalue weighted by molar-refractivity contribution is -0.125. The van der Waals surface area contributed by atoms with E-state index in [1.165, 1.54) is 10.8 Å². The number of aromatic nitrogens is 2. The molecule has 1 fully saturated rings. The Hall–Kier alpha value is -2.21. The Morgan fingerprint density at radius 3 is 3.05 bits per heavy atom. The Bertz CT molecular complexity index is 748. The Labute approximate surface area is 128 Å². The molecule has 1 amide bonds. The van der Waals surface area contributed by atoms with Crippen LogP contribution in [0.25, 0.3) is 11.0 Å². The standard InChI is InChI=1S/C16H19N3O3/c1-16(7-4-8-22-11-16)18-14(20)10-19-13-6-3-2-5-12(13)17-9-15(19)21/h2-3,5-6,9H,4,7-8,10-11H2,1H3,(H,18,20). The molecule has 1 aromatic heterocycles. The van der Waals surface area contributed by atoms with Crippen molar-refractivity contribution in [2.45, 2.75) is 31.8 Å². The first-order valence-corrected chi connectivity index (χ1v) is 7.41. The van der Waals surface area contributed by atoms with Gasteiger partial charge in [0, 0.05) is 6.61 Å². The molecule has 1 aromatic carbocycles. The van der Waals surface area contributed by atoms with E-state index < -0.39 is 0 Å². The van der Waals surface area contributed by atoms with E-state index in [0.29, 0.717) is 17.6 Å². The lowest BCUT2D eigenvalue weighted by Crippen LogP contribution is -2.52. The molecule has 6 heteroatoms. The predicted molar refractivity (Wildman–Crippen MR) is 82.6 cm³/mol. The van der Waals surface area contributed by atoms with Gasteiger partial charge in [-0.2, -0.15) is 0 Å². The molecule has 0 spiro atoms. The van der Waals surface area contributed by atoms with Gasteiger partial charge < -0.3 is 10.1 Å². The molecule has 3 rings (SSSR count). The van der Waals surface area contributed by atoms with Gasteiger partial charge in [0.25, 0.3) is 5.56 Å². The maximum absolute atomic E-state index is 12.3. The van der Waals surface area contributed by atoms with Crippen LogP contribution in [0.5, 0.6) is 0 Å². The SMILES string of the molecule is CC1(NC(=O)Cn2c(=O)cnc3ccccc32)CCCOC1. The Kier molecular flexibility index (Phi) is 3.94. The van der Waals surface area contributed by atoms with E-state index in [0.717, 1.165) is 19.4 Å².